The van der Waals surface area contributed by atoms with Gasteiger partial charge >= 0.3 is 0 Å². The standard InChI is InChI=1S/C19H23ClN4O2/c1-14(19(25)22-15-6-7-17(26-2)16(20)13-15)23-9-11-24(12-10-23)18-5-3-4-8-21-18/h3-8,13-14H,9-12H2,1-2H3,(H,22,25)/p+2/t14-/m1/s1. The summed E-state index contributed by atoms with van der Waals surface area (Å²) in [5.41, 5.74) is 0.685. The summed E-state index contributed by atoms with van der Waals surface area (Å²) in [5.74, 6) is 1.72. The van der Waals surface area contributed by atoms with E-state index in [1.54, 1.807) is 25.3 Å². The molecule has 3 rings (SSSR count). The van der Waals surface area contributed by atoms with Gasteiger partial charge in [-0.2, -0.15) is 0 Å². The molecule has 1 fully saturated rings. The molecule has 1 saturated heterocycles. The van der Waals surface area contributed by atoms with Crippen molar-refractivity contribution in [1.82, 2.24) is 0 Å². The number of hydrogen-bond acceptors (Lipinski definition) is 3. The molecule has 26 heavy (non-hydrogen) atoms. The monoisotopic (exact) mass is 376 g/mol. The molecule has 0 saturated carbocycles. The van der Waals surface area contributed by atoms with Gasteiger partial charge in [-0.25, -0.2) is 4.98 Å². The highest BCUT2D eigenvalue weighted by Crippen LogP contribution is 2.27. The molecule has 0 spiro atoms. The van der Waals surface area contributed by atoms with Crippen molar-refractivity contribution in [3.63, 3.8) is 0 Å². The van der Waals surface area contributed by atoms with Crippen molar-refractivity contribution in [3.05, 3.63) is 47.6 Å². The van der Waals surface area contributed by atoms with Crippen LogP contribution in [0.15, 0.2) is 42.6 Å². The van der Waals surface area contributed by atoms with Gasteiger partial charge in [-0.1, -0.05) is 17.7 Å². The SMILES string of the molecule is COc1ccc(NC(=O)[C@@H](C)[NH+]2CCN(c3cccc[nH+]3)CC2)cc1Cl. The zero-order valence-corrected chi connectivity index (χ0v) is 15.8. The lowest BCUT2D eigenvalue weighted by Crippen LogP contribution is -3.19. The number of anilines is 2. The number of nitrogens with zero attached hydrogens (tertiary/aromatic N) is 1. The maximum absolute atomic E-state index is 12.6. The summed E-state index contributed by atoms with van der Waals surface area (Å²) in [7, 11) is 1.57. The normalized spacial score (nSPS) is 16.2. The van der Waals surface area contributed by atoms with Gasteiger partial charge in [-0.05, 0) is 31.2 Å². The van der Waals surface area contributed by atoms with Crippen molar-refractivity contribution in [2.45, 2.75) is 13.0 Å². The zero-order valence-electron chi connectivity index (χ0n) is 15.1. The van der Waals surface area contributed by atoms with Crippen LogP contribution in [-0.2, 0) is 4.79 Å². The number of carbonyl (C=O) groups excluding carboxylic acids is 1. The average molecular weight is 377 g/mol. The molecule has 6 nitrogen and oxygen atoms in total. The number of methoxy groups -OCH3 is 1. The summed E-state index contributed by atoms with van der Waals surface area (Å²) in [4.78, 5) is 19.5. The minimum absolute atomic E-state index is 0.000886. The predicted molar refractivity (Wildman–Crippen MR) is 102 cm³/mol. The third kappa shape index (κ3) is 4.26. The van der Waals surface area contributed by atoms with Crippen molar-refractivity contribution in [2.24, 2.45) is 0 Å². The number of hydrogen-bond donors (Lipinski definition) is 2. The number of rotatable bonds is 5. The Bertz CT molecular complexity index is 748. The van der Waals surface area contributed by atoms with E-state index < -0.39 is 0 Å². The Labute approximate surface area is 158 Å². The molecule has 7 heteroatoms. The lowest BCUT2D eigenvalue weighted by atomic mass is 10.2. The average Bonchev–Trinajstić information content (AvgIpc) is 2.68. The number of ether oxygens (including phenoxy) is 1. The minimum Gasteiger partial charge on any atom is -0.495 e. The molecule has 0 unspecified atom stereocenters. The van der Waals surface area contributed by atoms with Gasteiger partial charge in [0.1, 0.15) is 31.9 Å². The molecule has 3 N–H and O–H groups in total. The van der Waals surface area contributed by atoms with Gasteiger partial charge in [0.05, 0.1) is 18.3 Å². The Morgan fingerprint density at radius 2 is 2.08 bits per heavy atom. The van der Waals surface area contributed by atoms with E-state index in [2.05, 4.69) is 21.3 Å². The summed E-state index contributed by atoms with van der Waals surface area (Å²) < 4.78 is 5.14. The van der Waals surface area contributed by atoms with Crippen LogP contribution in [0.3, 0.4) is 0 Å². The first-order chi connectivity index (χ1) is 12.6. The van der Waals surface area contributed by atoms with Gasteiger partial charge in [0.2, 0.25) is 0 Å². The van der Waals surface area contributed by atoms with E-state index >= 15 is 0 Å². The number of aromatic nitrogens is 1. The number of benzene rings is 1. The highest BCUT2D eigenvalue weighted by molar-refractivity contribution is 6.32. The molecule has 2 aromatic rings. The van der Waals surface area contributed by atoms with Crippen molar-refractivity contribution < 1.29 is 19.4 Å². The van der Waals surface area contributed by atoms with Crippen LogP contribution in [0.25, 0.3) is 0 Å². The van der Waals surface area contributed by atoms with Crippen LogP contribution in [-0.4, -0.2) is 45.2 Å². The van der Waals surface area contributed by atoms with Crippen molar-refractivity contribution in [3.8, 4) is 5.75 Å². The molecule has 1 amide bonds. The maximum Gasteiger partial charge on any atom is 0.282 e. The van der Waals surface area contributed by atoms with Crippen LogP contribution in [0, 0.1) is 0 Å². The Kier molecular flexibility index (Phi) is 5.96. The molecule has 2 heterocycles. The van der Waals surface area contributed by atoms with Gasteiger partial charge in [0, 0.05) is 11.8 Å². The predicted octanol–water partition coefficient (Wildman–Crippen LogP) is 0.895. The van der Waals surface area contributed by atoms with E-state index in [1.165, 1.54) is 4.90 Å². The van der Waals surface area contributed by atoms with Crippen LogP contribution in [0.2, 0.25) is 5.02 Å². The van der Waals surface area contributed by atoms with Gasteiger partial charge in [0.25, 0.3) is 11.7 Å². The van der Waals surface area contributed by atoms with Crippen molar-refractivity contribution >= 4 is 29.0 Å². The molecule has 0 bridgehead atoms. The van der Waals surface area contributed by atoms with E-state index in [-0.39, 0.29) is 11.9 Å². The molecular weight excluding hydrogens is 352 g/mol. The second kappa shape index (κ2) is 8.38. The molecule has 1 aliphatic heterocycles. The number of amides is 1. The Morgan fingerprint density at radius 1 is 1.31 bits per heavy atom. The van der Waals surface area contributed by atoms with E-state index in [1.807, 2.05) is 25.3 Å². The first-order valence-electron chi connectivity index (χ1n) is 8.79. The van der Waals surface area contributed by atoms with E-state index in [0.29, 0.717) is 16.5 Å². The van der Waals surface area contributed by atoms with Gasteiger partial charge in [0.15, 0.2) is 6.04 Å². The molecule has 1 aromatic carbocycles. The van der Waals surface area contributed by atoms with Crippen LogP contribution in [0.5, 0.6) is 5.75 Å². The van der Waals surface area contributed by atoms with E-state index in [4.69, 9.17) is 16.3 Å². The number of aromatic amines is 1. The number of halogens is 1. The molecule has 0 radical (unpaired) electrons. The zero-order chi connectivity index (χ0) is 18.5. The Morgan fingerprint density at radius 3 is 2.69 bits per heavy atom. The molecular formula is C19H25ClN4O2+2. The van der Waals surface area contributed by atoms with Gasteiger partial charge < -0.3 is 15.0 Å². The number of piperazine rings is 1. The maximum atomic E-state index is 12.6. The van der Waals surface area contributed by atoms with Gasteiger partial charge in [-0.3, -0.25) is 9.69 Å². The van der Waals surface area contributed by atoms with Crippen LogP contribution >= 0.6 is 11.6 Å². The van der Waals surface area contributed by atoms with Crippen LogP contribution < -0.4 is 24.8 Å². The first-order valence-corrected chi connectivity index (χ1v) is 9.17. The fraction of sp³-hybridized carbons (Fsp3) is 0.368. The second-order valence-corrected chi connectivity index (χ2v) is 6.86. The summed E-state index contributed by atoms with van der Waals surface area (Å²) in [6.07, 6.45) is 1.94. The first kappa shape index (κ1) is 18.5. The number of nitrogens with one attached hydrogen (secondary N) is 3. The molecule has 1 aliphatic rings. The summed E-state index contributed by atoms with van der Waals surface area (Å²) >= 11 is 6.13. The number of carbonyl (C=O) groups is 1. The largest absolute Gasteiger partial charge is 0.495 e. The molecule has 138 valence electrons. The number of quaternary nitrogens is 1. The molecule has 0 aliphatic carbocycles. The van der Waals surface area contributed by atoms with Gasteiger partial charge in [-0.15, -0.1) is 0 Å². The topological polar surface area (TPSA) is 60.1 Å². The fourth-order valence-electron chi connectivity index (χ4n) is 3.23. The smallest absolute Gasteiger partial charge is 0.282 e. The Balaban J connectivity index is 1.55. The van der Waals surface area contributed by atoms with E-state index in [0.717, 1.165) is 32.0 Å². The highest BCUT2D eigenvalue weighted by atomic mass is 35.5. The fourth-order valence-corrected chi connectivity index (χ4v) is 3.49. The lowest BCUT2D eigenvalue weighted by Gasteiger charge is -2.31. The number of pyridine rings is 1. The summed E-state index contributed by atoms with van der Waals surface area (Å²) in [6.45, 7) is 5.64. The van der Waals surface area contributed by atoms with Crippen LogP contribution in [0.1, 0.15) is 6.92 Å². The second-order valence-electron chi connectivity index (χ2n) is 6.45. The third-order valence-electron chi connectivity index (χ3n) is 4.86. The summed E-state index contributed by atoms with van der Waals surface area (Å²) in [5, 5.41) is 3.44. The minimum atomic E-state index is -0.127. The van der Waals surface area contributed by atoms with Crippen LogP contribution in [0.4, 0.5) is 11.5 Å². The quantitative estimate of drug-likeness (QED) is 0.815. The molecule has 1 atom stereocenters. The summed E-state index contributed by atoms with van der Waals surface area (Å²) in [6, 6.07) is 11.2. The highest BCUT2D eigenvalue weighted by Gasteiger charge is 2.32. The number of H-pyrrole nitrogens is 1. The van der Waals surface area contributed by atoms with Crippen molar-refractivity contribution in [2.75, 3.05) is 43.5 Å². The molecule has 1 aromatic heterocycles. The Hall–Kier alpha value is -2.31. The lowest BCUT2D eigenvalue weighted by molar-refractivity contribution is -0.914. The van der Waals surface area contributed by atoms with Crippen molar-refractivity contribution in [1.29, 1.82) is 0 Å². The van der Waals surface area contributed by atoms with E-state index in [9.17, 15) is 4.79 Å². The third-order valence-corrected chi connectivity index (χ3v) is 5.16.